The SMILES string of the molecule is CCOc1cc(/C=N\NC(=O)C(=O)NCc2ccc(C)cc2)ccc1OCc1ccccc1. The Hall–Kier alpha value is -4.13. The molecule has 0 aliphatic rings. The topological polar surface area (TPSA) is 89.0 Å². The number of hydrogen-bond donors (Lipinski definition) is 2. The van der Waals surface area contributed by atoms with E-state index in [1.807, 2.05) is 68.4 Å². The normalized spacial score (nSPS) is 10.6. The van der Waals surface area contributed by atoms with Gasteiger partial charge in [0.1, 0.15) is 6.61 Å². The van der Waals surface area contributed by atoms with Crippen LogP contribution in [-0.2, 0) is 22.7 Å². The van der Waals surface area contributed by atoms with E-state index in [1.54, 1.807) is 18.2 Å². The zero-order chi connectivity index (χ0) is 23.5. The van der Waals surface area contributed by atoms with Crippen molar-refractivity contribution in [1.29, 1.82) is 0 Å². The smallest absolute Gasteiger partial charge is 0.329 e. The van der Waals surface area contributed by atoms with Crippen LogP contribution in [0, 0.1) is 6.92 Å². The molecule has 0 bridgehead atoms. The molecule has 0 unspecified atom stereocenters. The molecule has 7 heteroatoms. The summed E-state index contributed by atoms with van der Waals surface area (Å²) in [4.78, 5) is 23.9. The monoisotopic (exact) mass is 445 g/mol. The van der Waals surface area contributed by atoms with E-state index < -0.39 is 11.8 Å². The van der Waals surface area contributed by atoms with Gasteiger partial charge in [-0.15, -0.1) is 0 Å². The predicted octanol–water partition coefficient (Wildman–Crippen LogP) is 3.74. The number of amides is 2. The Morgan fingerprint density at radius 1 is 0.879 bits per heavy atom. The highest BCUT2D eigenvalue weighted by Gasteiger charge is 2.12. The average Bonchev–Trinajstić information content (AvgIpc) is 2.83. The number of nitrogens with zero attached hydrogens (tertiary/aromatic N) is 1. The maximum Gasteiger partial charge on any atom is 0.329 e. The molecule has 0 aliphatic heterocycles. The summed E-state index contributed by atoms with van der Waals surface area (Å²) >= 11 is 0. The van der Waals surface area contributed by atoms with Crippen molar-refractivity contribution in [3.8, 4) is 11.5 Å². The van der Waals surface area contributed by atoms with Crippen molar-refractivity contribution in [2.75, 3.05) is 6.61 Å². The maximum absolute atomic E-state index is 12.0. The Kier molecular flexibility index (Phi) is 8.59. The van der Waals surface area contributed by atoms with Crippen molar-refractivity contribution >= 4 is 18.0 Å². The molecule has 33 heavy (non-hydrogen) atoms. The van der Waals surface area contributed by atoms with Crippen LogP contribution in [0.4, 0.5) is 0 Å². The maximum atomic E-state index is 12.0. The number of carbonyl (C=O) groups is 2. The molecule has 0 atom stereocenters. The highest BCUT2D eigenvalue weighted by molar-refractivity contribution is 6.35. The van der Waals surface area contributed by atoms with Crippen LogP contribution >= 0.6 is 0 Å². The fraction of sp³-hybridized carbons (Fsp3) is 0.192. The molecule has 0 radical (unpaired) electrons. The first-order valence-corrected chi connectivity index (χ1v) is 10.7. The Balaban J connectivity index is 1.53. The number of carbonyl (C=O) groups excluding carboxylic acids is 2. The number of hydrogen-bond acceptors (Lipinski definition) is 5. The minimum absolute atomic E-state index is 0.262. The number of aryl methyl sites for hydroxylation is 1. The van der Waals surface area contributed by atoms with E-state index in [-0.39, 0.29) is 6.54 Å². The minimum atomic E-state index is -0.841. The van der Waals surface area contributed by atoms with E-state index in [1.165, 1.54) is 6.21 Å². The second kappa shape index (κ2) is 12.0. The molecule has 3 aromatic rings. The molecule has 3 rings (SSSR count). The van der Waals surface area contributed by atoms with Crippen molar-refractivity contribution in [2.24, 2.45) is 5.10 Å². The summed E-state index contributed by atoms with van der Waals surface area (Å²) in [7, 11) is 0. The third kappa shape index (κ3) is 7.50. The van der Waals surface area contributed by atoms with Crippen LogP contribution in [0.2, 0.25) is 0 Å². The molecule has 0 aromatic heterocycles. The quantitative estimate of drug-likeness (QED) is 0.298. The van der Waals surface area contributed by atoms with E-state index >= 15 is 0 Å². The lowest BCUT2D eigenvalue weighted by molar-refractivity contribution is -0.139. The molecule has 0 heterocycles. The first kappa shape index (κ1) is 23.5. The molecule has 0 aliphatic carbocycles. The van der Waals surface area contributed by atoms with Gasteiger partial charge in [-0.05, 0) is 48.7 Å². The molecule has 0 spiro atoms. The molecular weight excluding hydrogens is 418 g/mol. The van der Waals surface area contributed by atoms with Crippen LogP contribution in [0.1, 0.15) is 29.2 Å². The van der Waals surface area contributed by atoms with Gasteiger partial charge in [0, 0.05) is 6.54 Å². The summed E-state index contributed by atoms with van der Waals surface area (Å²) in [6.07, 6.45) is 1.44. The summed E-state index contributed by atoms with van der Waals surface area (Å²) in [5.74, 6) is -0.421. The zero-order valence-electron chi connectivity index (χ0n) is 18.7. The van der Waals surface area contributed by atoms with E-state index in [0.717, 1.165) is 16.7 Å². The van der Waals surface area contributed by atoms with Crippen molar-refractivity contribution < 1.29 is 19.1 Å². The van der Waals surface area contributed by atoms with Gasteiger partial charge in [-0.25, -0.2) is 5.43 Å². The highest BCUT2D eigenvalue weighted by Crippen LogP contribution is 2.28. The van der Waals surface area contributed by atoms with Crippen molar-refractivity contribution in [3.05, 3.63) is 95.1 Å². The zero-order valence-corrected chi connectivity index (χ0v) is 18.7. The summed E-state index contributed by atoms with van der Waals surface area (Å²) in [5, 5.41) is 6.44. The van der Waals surface area contributed by atoms with Crippen LogP contribution in [0.5, 0.6) is 11.5 Å². The summed E-state index contributed by atoms with van der Waals surface area (Å²) in [6, 6.07) is 22.9. The summed E-state index contributed by atoms with van der Waals surface area (Å²) in [6.45, 7) is 5.02. The van der Waals surface area contributed by atoms with Crippen LogP contribution in [0.15, 0.2) is 77.9 Å². The van der Waals surface area contributed by atoms with Crippen molar-refractivity contribution in [2.45, 2.75) is 27.0 Å². The van der Waals surface area contributed by atoms with Gasteiger partial charge in [0.15, 0.2) is 11.5 Å². The Morgan fingerprint density at radius 3 is 2.36 bits per heavy atom. The fourth-order valence-electron chi connectivity index (χ4n) is 2.91. The Bertz CT molecular complexity index is 1100. The largest absolute Gasteiger partial charge is 0.490 e. The molecule has 0 saturated carbocycles. The number of benzene rings is 3. The van der Waals surface area contributed by atoms with Gasteiger partial charge < -0.3 is 14.8 Å². The molecular formula is C26H27N3O4. The summed E-state index contributed by atoms with van der Waals surface area (Å²) in [5.41, 5.74) is 6.00. The van der Waals surface area contributed by atoms with E-state index in [2.05, 4.69) is 15.8 Å². The van der Waals surface area contributed by atoms with E-state index in [4.69, 9.17) is 9.47 Å². The molecule has 3 aromatic carbocycles. The van der Waals surface area contributed by atoms with Crippen LogP contribution in [0.25, 0.3) is 0 Å². The van der Waals surface area contributed by atoms with E-state index in [9.17, 15) is 9.59 Å². The lowest BCUT2D eigenvalue weighted by Crippen LogP contribution is -2.37. The van der Waals surface area contributed by atoms with E-state index in [0.29, 0.717) is 30.3 Å². The van der Waals surface area contributed by atoms with Gasteiger partial charge in [-0.1, -0.05) is 60.2 Å². The van der Waals surface area contributed by atoms with Gasteiger partial charge in [-0.3, -0.25) is 9.59 Å². The van der Waals surface area contributed by atoms with Gasteiger partial charge in [-0.2, -0.15) is 5.10 Å². The summed E-state index contributed by atoms with van der Waals surface area (Å²) < 4.78 is 11.6. The third-order valence-corrected chi connectivity index (χ3v) is 4.66. The van der Waals surface area contributed by atoms with Gasteiger partial charge >= 0.3 is 11.8 Å². The van der Waals surface area contributed by atoms with Gasteiger partial charge in [0.05, 0.1) is 12.8 Å². The molecule has 0 fully saturated rings. The standard InChI is InChI=1S/C26H27N3O4/c1-3-32-24-15-22(13-14-23(24)33-18-21-7-5-4-6-8-21)17-28-29-26(31)25(30)27-16-20-11-9-19(2)10-12-20/h4-15,17H,3,16,18H2,1-2H3,(H,27,30)(H,29,31)/b28-17-. The second-order valence-corrected chi connectivity index (χ2v) is 7.28. The van der Waals surface area contributed by atoms with Gasteiger partial charge in [0.2, 0.25) is 0 Å². The first-order valence-electron chi connectivity index (χ1n) is 10.7. The predicted molar refractivity (Wildman–Crippen MR) is 127 cm³/mol. The minimum Gasteiger partial charge on any atom is -0.490 e. The number of ether oxygens (including phenoxy) is 2. The van der Waals surface area contributed by atoms with Crippen molar-refractivity contribution in [3.63, 3.8) is 0 Å². The lowest BCUT2D eigenvalue weighted by Gasteiger charge is -2.12. The molecule has 2 N–H and O–H groups in total. The second-order valence-electron chi connectivity index (χ2n) is 7.28. The van der Waals surface area contributed by atoms with Gasteiger partial charge in [0.25, 0.3) is 0 Å². The lowest BCUT2D eigenvalue weighted by atomic mass is 10.1. The van der Waals surface area contributed by atoms with Crippen LogP contribution in [0.3, 0.4) is 0 Å². The van der Waals surface area contributed by atoms with Crippen LogP contribution < -0.4 is 20.2 Å². The number of nitrogens with one attached hydrogen (secondary N) is 2. The fourth-order valence-corrected chi connectivity index (χ4v) is 2.91. The van der Waals surface area contributed by atoms with Crippen molar-refractivity contribution in [1.82, 2.24) is 10.7 Å². The van der Waals surface area contributed by atoms with Crippen LogP contribution in [-0.4, -0.2) is 24.6 Å². The highest BCUT2D eigenvalue weighted by atomic mass is 16.5. The Morgan fingerprint density at radius 2 is 1.64 bits per heavy atom. The first-order chi connectivity index (χ1) is 16.0. The molecule has 7 nitrogen and oxygen atoms in total. The molecule has 170 valence electrons. The number of rotatable bonds is 9. The Labute approximate surface area is 193 Å². The average molecular weight is 446 g/mol. The molecule has 2 amide bonds. The molecule has 0 saturated heterocycles. The third-order valence-electron chi connectivity index (χ3n) is 4.66. The number of hydrazone groups is 1.